The Hall–Kier alpha value is -3.85. The second-order valence-electron chi connectivity index (χ2n) is 9.03. The van der Waals surface area contributed by atoms with Crippen molar-refractivity contribution in [1.29, 1.82) is 0 Å². The first kappa shape index (κ1) is 27.7. The van der Waals surface area contributed by atoms with E-state index in [9.17, 15) is 9.59 Å². The van der Waals surface area contributed by atoms with Crippen LogP contribution in [0.15, 0.2) is 59.5 Å². The minimum absolute atomic E-state index is 0.103. The Morgan fingerprint density at radius 1 is 1.19 bits per heavy atom. The van der Waals surface area contributed by atoms with E-state index in [1.54, 1.807) is 18.3 Å². The number of rotatable bonds is 10. The minimum atomic E-state index is -0.413. The fourth-order valence-corrected chi connectivity index (χ4v) is 4.04. The van der Waals surface area contributed by atoms with Gasteiger partial charge in [-0.15, -0.1) is 0 Å². The summed E-state index contributed by atoms with van der Waals surface area (Å²) in [7, 11) is 0. The summed E-state index contributed by atoms with van der Waals surface area (Å²) < 4.78 is 0. The molecule has 2 aromatic rings. The van der Waals surface area contributed by atoms with E-state index >= 15 is 0 Å². The van der Waals surface area contributed by atoms with Crippen LogP contribution in [-0.2, 0) is 6.42 Å². The molecule has 1 atom stereocenters. The molecule has 2 heterocycles. The van der Waals surface area contributed by atoms with Crippen LogP contribution in [0.25, 0.3) is 0 Å². The summed E-state index contributed by atoms with van der Waals surface area (Å²) in [6, 6.07) is 5.02. The molecule has 196 valence electrons. The van der Waals surface area contributed by atoms with Crippen LogP contribution in [0, 0.1) is 6.92 Å². The molecule has 1 aliphatic heterocycles. The Kier molecular flexibility index (Phi) is 10.5. The Balaban J connectivity index is 1.50. The van der Waals surface area contributed by atoms with Crippen LogP contribution in [0.2, 0.25) is 0 Å². The molecule has 37 heavy (non-hydrogen) atoms. The van der Waals surface area contributed by atoms with Crippen LogP contribution in [0.3, 0.4) is 0 Å². The first-order chi connectivity index (χ1) is 17.9. The third-order valence-electron chi connectivity index (χ3n) is 5.99. The van der Waals surface area contributed by atoms with Gasteiger partial charge in [0.15, 0.2) is 5.82 Å². The number of carbonyl (C=O) groups excluding carboxylic acids is 2. The fourth-order valence-electron chi connectivity index (χ4n) is 4.04. The SMILES string of the molecule is CC\C=C(C)/N=C\C=C\CN1CCC(NC(=O)c2ccc(NC(=O)Nc3cnc(C)cn3)c(CC)c2)C1. The number of likely N-dealkylation sites (tertiary alicyclic amines) is 1. The molecule has 3 amide bonds. The first-order valence-electron chi connectivity index (χ1n) is 12.8. The standard InChI is InChI=1S/C28H37N7O2/c1-5-9-20(3)29-13-7-8-14-35-15-12-24(19-35)32-27(36)23-10-11-25(22(6-2)16-23)33-28(37)34-26-18-30-21(4)17-31-26/h7-11,13,16-18,24H,5-6,12,14-15,19H2,1-4H3,(H,32,36)(H2,31,33,34,37)/b8-7+,20-9-,29-13-. The maximum atomic E-state index is 12.9. The quantitative estimate of drug-likeness (QED) is 0.406. The van der Waals surface area contributed by atoms with Gasteiger partial charge in [-0.25, -0.2) is 9.78 Å². The number of hydrogen-bond acceptors (Lipinski definition) is 6. The van der Waals surface area contributed by atoms with Crippen molar-refractivity contribution in [2.45, 2.75) is 53.0 Å². The summed E-state index contributed by atoms with van der Waals surface area (Å²) in [6.07, 6.45) is 13.6. The highest BCUT2D eigenvalue weighted by Gasteiger charge is 2.23. The van der Waals surface area contributed by atoms with E-state index in [1.807, 2.05) is 39.1 Å². The summed E-state index contributed by atoms with van der Waals surface area (Å²) in [5.74, 6) is 0.263. The molecule has 0 bridgehead atoms. The zero-order valence-electron chi connectivity index (χ0n) is 22.1. The number of aryl methyl sites for hydroxylation is 2. The van der Waals surface area contributed by atoms with Gasteiger partial charge in [0.1, 0.15) is 0 Å². The third-order valence-corrected chi connectivity index (χ3v) is 5.99. The van der Waals surface area contributed by atoms with Crippen molar-refractivity contribution in [2.24, 2.45) is 4.99 Å². The average molecular weight is 504 g/mol. The van der Waals surface area contributed by atoms with Gasteiger partial charge in [-0.2, -0.15) is 0 Å². The van der Waals surface area contributed by atoms with Gasteiger partial charge in [-0.05, 0) is 62.9 Å². The van der Waals surface area contributed by atoms with Gasteiger partial charge in [-0.1, -0.05) is 26.0 Å². The Morgan fingerprint density at radius 2 is 2.03 bits per heavy atom. The molecule has 9 nitrogen and oxygen atoms in total. The lowest BCUT2D eigenvalue weighted by Crippen LogP contribution is -2.37. The van der Waals surface area contributed by atoms with E-state index < -0.39 is 6.03 Å². The van der Waals surface area contributed by atoms with Gasteiger partial charge in [-0.3, -0.25) is 25.0 Å². The molecule has 1 unspecified atom stereocenters. The van der Waals surface area contributed by atoms with Crippen molar-refractivity contribution in [3.63, 3.8) is 0 Å². The van der Waals surface area contributed by atoms with E-state index in [1.165, 1.54) is 6.20 Å². The second kappa shape index (κ2) is 14.0. The Labute approximate surface area is 219 Å². The van der Waals surface area contributed by atoms with Gasteiger partial charge in [0.05, 0.1) is 18.1 Å². The number of benzene rings is 1. The fraction of sp³-hybridized carbons (Fsp3) is 0.393. The molecular formula is C28H37N7O2. The van der Waals surface area contributed by atoms with Crippen molar-refractivity contribution in [1.82, 2.24) is 20.2 Å². The molecule has 0 radical (unpaired) electrons. The number of aromatic nitrogens is 2. The molecule has 0 aliphatic carbocycles. The number of urea groups is 1. The van der Waals surface area contributed by atoms with E-state index in [0.29, 0.717) is 23.5 Å². The highest BCUT2D eigenvalue weighted by Crippen LogP contribution is 2.19. The predicted octanol–water partition coefficient (Wildman–Crippen LogP) is 4.74. The van der Waals surface area contributed by atoms with E-state index in [2.05, 4.69) is 54.9 Å². The van der Waals surface area contributed by atoms with Crippen LogP contribution in [0.5, 0.6) is 0 Å². The Bertz CT molecular complexity index is 1160. The van der Waals surface area contributed by atoms with Crippen molar-refractivity contribution < 1.29 is 9.59 Å². The lowest BCUT2D eigenvalue weighted by atomic mass is 10.1. The number of allylic oxidation sites excluding steroid dienone is 3. The van der Waals surface area contributed by atoms with E-state index in [4.69, 9.17) is 0 Å². The number of nitrogens with one attached hydrogen (secondary N) is 3. The molecule has 3 rings (SSSR count). The minimum Gasteiger partial charge on any atom is -0.348 e. The van der Waals surface area contributed by atoms with Crippen molar-refractivity contribution in [3.05, 3.63) is 71.3 Å². The molecule has 1 aromatic heterocycles. The van der Waals surface area contributed by atoms with E-state index in [0.717, 1.165) is 49.4 Å². The molecule has 3 N–H and O–H groups in total. The van der Waals surface area contributed by atoms with Crippen LogP contribution >= 0.6 is 0 Å². The van der Waals surface area contributed by atoms with Crippen LogP contribution < -0.4 is 16.0 Å². The van der Waals surface area contributed by atoms with Gasteiger partial charge in [0.2, 0.25) is 0 Å². The molecule has 1 aromatic carbocycles. The topological polar surface area (TPSA) is 112 Å². The van der Waals surface area contributed by atoms with Crippen LogP contribution in [0.1, 0.15) is 55.2 Å². The van der Waals surface area contributed by atoms with Gasteiger partial charge >= 0.3 is 6.03 Å². The average Bonchev–Trinajstić information content (AvgIpc) is 3.32. The molecule has 1 aliphatic rings. The van der Waals surface area contributed by atoms with Gasteiger partial charge in [0, 0.05) is 48.8 Å². The monoisotopic (exact) mass is 503 g/mol. The van der Waals surface area contributed by atoms with Gasteiger partial charge in [0.25, 0.3) is 5.91 Å². The number of aliphatic imine (C=N–C) groups is 1. The van der Waals surface area contributed by atoms with Crippen molar-refractivity contribution in [2.75, 3.05) is 30.3 Å². The number of amides is 3. The number of carbonyl (C=O) groups is 2. The molecule has 0 spiro atoms. The van der Waals surface area contributed by atoms with Gasteiger partial charge < -0.3 is 10.6 Å². The highest BCUT2D eigenvalue weighted by molar-refractivity contribution is 6.00. The second-order valence-corrected chi connectivity index (χ2v) is 9.03. The predicted molar refractivity (Wildman–Crippen MR) is 149 cm³/mol. The van der Waals surface area contributed by atoms with E-state index in [-0.39, 0.29) is 11.9 Å². The largest absolute Gasteiger partial charge is 0.348 e. The van der Waals surface area contributed by atoms with Crippen LogP contribution in [-0.4, -0.2) is 58.7 Å². The van der Waals surface area contributed by atoms with Crippen LogP contribution in [0.4, 0.5) is 16.3 Å². The number of anilines is 2. The summed E-state index contributed by atoms with van der Waals surface area (Å²) in [4.78, 5) is 40.2. The number of hydrogen-bond donors (Lipinski definition) is 3. The molecule has 0 saturated carbocycles. The molecule has 1 saturated heterocycles. The zero-order chi connectivity index (χ0) is 26.6. The molecule has 9 heteroatoms. The zero-order valence-corrected chi connectivity index (χ0v) is 22.1. The molecular weight excluding hydrogens is 466 g/mol. The summed E-state index contributed by atoms with van der Waals surface area (Å²) in [5, 5.41) is 8.65. The Morgan fingerprint density at radius 3 is 2.76 bits per heavy atom. The normalized spacial score (nSPS) is 16.4. The lowest BCUT2D eigenvalue weighted by Gasteiger charge is -2.16. The smallest absolute Gasteiger partial charge is 0.324 e. The van der Waals surface area contributed by atoms with Crippen molar-refractivity contribution in [3.8, 4) is 0 Å². The third kappa shape index (κ3) is 8.95. The number of nitrogens with zero attached hydrogens (tertiary/aromatic N) is 4. The molecule has 1 fully saturated rings. The maximum Gasteiger partial charge on any atom is 0.324 e. The maximum absolute atomic E-state index is 12.9. The summed E-state index contributed by atoms with van der Waals surface area (Å²) in [5.41, 5.74) is 3.90. The lowest BCUT2D eigenvalue weighted by molar-refractivity contribution is 0.0938. The summed E-state index contributed by atoms with van der Waals surface area (Å²) in [6.45, 7) is 10.5. The van der Waals surface area contributed by atoms with Crippen molar-refractivity contribution >= 4 is 29.7 Å². The summed E-state index contributed by atoms with van der Waals surface area (Å²) >= 11 is 0. The highest BCUT2D eigenvalue weighted by atomic mass is 16.2. The first-order valence-corrected chi connectivity index (χ1v) is 12.8.